The summed E-state index contributed by atoms with van der Waals surface area (Å²) >= 11 is 0. The highest BCUT2D eigenvalue weighted by atomic mass is 19.1. The van der Waals surface area contributed by atoms with Gasteiger partial charge in [0.25, 0.3) is 0 Å². The summed E-state index contributed by atoms with van der Waals surface area (Å²) in [5.41, 5.74) is 3.58. The van der Waals surface area contributed by atoms with E-state index in [-0.39, 0.29) is 11.9 Å². The van der Waals surface area contributed by atoms with Gasteiger partial charge in [0.1, 0.15) is 17.3 Å². The second-order valence-electron chi connectivity index (χ2n) is 7.43. The van der Waals surface area contributed by atoms with Crippen LogP contribution in [0.25, 0.3) is 0 Å². The summed E-state index contributed by atoms with van der Waals surface area (Å²) in [6.45, 7) is 0. The first-order chi connectivity index (χ1) is 13.7. The van der Waals surface area contributed by atoms with Crippen molar-refractivity contribution in [3.8, 4) is 11.5 Å². The lowest BCUT2D eigenvalue weighted by atomic mass is 9.90. The Bertz CT molecular complexity index is 914. The van der Waals surface area contributed by atoms with Crippen molar-refractivity contribution in [2.75, 3.05) is 14.2 Å². The van der Waals surface area contributed by atoms with Crippen LogP contribution in [-0.2, 0) is 12.8 Å². The van der Waals surface area contributed by atoms with Crippen LogP contribution in [0.15, 0.2) is 55.0 Å². The number of halogens is 1. The Labute approximate surface area is 164 Å². The highest BCUT2D eigenvalue weighted by molar-refractivity contribution is 5.40. The molecule has 0 radical (unpaired) electrons. The predicted molar refractivity (Wildman–Crippen MR) is 106 cm³/mol. The van der Waals surface area contributed by atoms with Crippen LogP contribution in [0.2, 0.25) is 0 Å². The van der Waals surface area contributed by atoms with E-state index < -0.39 is 0 Å². The topological polar surface area (TPSA) is 36.3 Å². The first-order valence-electron chi connectivity index (χ1n) is 9.64. The number of imidazole rings is 1. The van der Waals surface area contributed by atoms with E-state index in [2.05, 4.69) is 21.7 Å². The molecule has 0 N–H and O–H groups in total. The van der Waals surface area contributed by atoms with Gasteiger partial charge in [-0.05, 0) is 67.0 Å². The van der Waals surface area contributed by atoms with Crippen LogP contribution in [0.1, 0.15) is 35.7 Å². The third-order valence-electron chi connectivity index (χ3n) is 5.62. The molecule has 4 nitrogen and oxygen atoms in total. The van der Waals surface area contributed by atoms with Crippen molar-refractivity contribution in [1.82, 2.24) is 9.55 Å². The zero-order valence-corrected chi connectivity index (χ0v) is 16.3. The molecule has 28 heavy (non-hydrogen) atoms. The number of benzene rings is 2. The van der Waals surface area contributed by atoms with E-state index in [0.717, 1.165) is 42.7 Å². The maximum atomic E-state index is 13.2. The fourth-order valence-electron chi connectivity index (χ4n) is 4.18. The van der Waals surface area contributed by atoms with Gasteiger partial charge in [-0.2, -0.15) is 0 Å². The minimum atomic E-state index is -0.185. The highest BCUT2D eigenvalue weighted by Gasteiger charge is 2.25. The smallest absolute Gasteiger partial charge is 0.123 e. The lowest BCUT2D eigenvalue weighted by Gasteiger charge is -2.20. The average molecular weight is 380 g/mol. The monoisotopic (exact) mass is 380 g/mol. The van der Waals surface area contributed by atoms with E-state index in [9.17, 15) is 4.39 Å². The molecule has 0 saturated carbocycles. The van der Waals surface area contributed by atoms with E-state index in [0.29, 0.717) is 5.92 Å². The van der Waals surface area contributed by atoms with E-state index in [1.54, 1.807) is 26.4 Å². The van der Waals surface area contributed by atoms with Crippen LogP contribution in [0.5, 0.6) is 11.5 Å². The fourth-order valence-corrected chi connectivity index (χ4v) is 4.18. The maximum absolute atomic E-state index is 13.2. The number of hydrogen-bond donors (Lipinski definition) is 0. The minimum Gasteiger partial charge on any atom is -0.497 e. The molecule has 0 spiro atoms. The summed E-state index contributed by atoms with van der Waals surface area (Å²) < 4.78 is 26.4. The molecule has 1 aliphatic rings. The second-order valence-corrected chi connectivity index (χ2v) is 7.43. The second kappa shape index (κ2) is 8.05. The molecule has 0 unspecified atom stereocenters. The SMILES string of the molecule is COc1cc(OC)cc([C@H]2CC[C@@H](Cc3ccc(F)cc3)Cc3cncn32)c1. The first kappa shape index (κ1) is 18.5. The number of fused-ring (bicyclic) bond motifs is 1. The zero-order chi connectivity index (χ0) is 19.5. The van der Waals surface area contributed by atoms with Crippen molar-refractivity contribution in [1.29, 1.82) is 0 Å². The van der Waals surface area contributed by atoms with E-state index in [1.165, 1.54) is 11.3 Å². The summed E-state index contributed by atoms with van der Waals surface area (Å²) in [6, 6.07) is 13.1. The van der Waals surface area contributed by atoms with Crippen molar-refractivity contribution in [2.45, 2.75) is 31.7 Å². The molecule has 0 saturated heterocycles. The summed E-state index contributed by atoms with van der Waals surface area (Å²) in [6.07, 6.45) is 7.89. The third-order valence-corrected chi connectivity index (χ3v) is 5.62. The van der Waals surface area contributed by atoms with E-state index >= 15 is 0 Å². The number of nitrogens with zero attached hydrogens (tertiary/aromatic N) is 2. The molecule has 5 heteroatoms. The van der Waals surface area contributed by atoms with Gasteiger partial charge in [-0.15, -0.1) is 0 Å². The summed E-state index contributed by atoms with van der Waals surface area (Å²) in [4.78, 5) is 4.41. The lowest BCUT2D eigenvalue weighted by molar-refractivity contribution is 0.390. The first-order valence-corrected chi connectivity index (χ1v) is 9.64. The van der Waals surface area contributed by atoms with Gasteiger partial charge in [-0.3, -0.25) is 0 Å². The summed E-state index contributed by atoms with van der Waals surface area (Å²) in [5.74, 6) is 1.90. The Morgan fingerprint density at radius 2 is 1.75 bits per heavy atom. The van der Waals surface area contributed by atoms with Gasteiger partial charge in [0, 0.05) is 18.0 Å². The molecule has 2 heterocycles. The predicted octanol–water partition coefficient (Wildman–Crippen LogP) is 4.82. The molecule has 2 aromatic carbocycles. The van der Waals surface area contributed by atoms with Gasteiger partial charge in [-0.25, -0.2) is 9.37 Å². The molecule has 1 aromatic heterocycles. The Morgan fingerprint density at radius 3 is 2.43 bits per heavy atom. The van der Waals surface area contributed by atoms with Gasteiger partial charge in [0.15, 0.2) is 0 Å². The molecular formula is C23H25FN2O2. The van der Waals surface area contributed by atoms with E-state index in [1.807, 2.05) is 30.7 Å². The highest BCUT2D eigenvalue weighted by Crippen LogP contribution is 2.36. The third kappa shape index (κ3) is 3.88. The van der Waals surface area contributed by atoms with Crippen LogP contribution in [0, 0.1) is 11.7 Å². The Morgan fingerprint density at radius 1 is 1.04 bits per heavy atom. The van der Waals surface area contributed by atoms with Crippen LogP contribution in [0.3, 0.4) is 0 Å². The number of methoxy groups -OCH3 is 2. The molecule has 0 aliphatic carbocycles. The average Bonchev–Trinajstić information content (AvgIpc) is 3.10. The quantitative estimate of drug-likeness (QED) is 0.636. The normalized spacial score (nSPS) is 19.0. The number of aromatic nitrogens is 2. The number of hydrogen-bond acceptors (Lipinski definition) is 3. The fraction of sp³-hybridized carbons (Fsp3) is 0.348. The van der Waals surface area contributed by atoms with Crippen LogP contribution in [0.4, 0.5) is 4.39 Å². The summed E-state index contributed by atoms with van der Waals surface area (Å²) in [7, 11) is 3.35. The largest absolute Gasteiger partial charge is 0.497 e. The zero-order valence-electron chi connectivity index (χ0n) is 16.3. The van der Waals surface area contributed by atoms with Crippen molar-refractivity contribution in [3.05, 3.63) is 77.6 Å². The molecular weight excluding hydrogens is 355 g/mol. The van der Waals surface area contributed by atoms with Crippen LogP contribution < -0.4 is 9.47 Å². The minimum absolute atomic E-state index is 0.185. The Hall–Kier alpha value is -2.82. The number of rotatable bonds is 5. The van der Waals surface area contributed by atoms with Crippen molar-refractivity contribution in [3.63, 3.8) is 0 Å². The molecule has 3 aromatic rings. The standard InChI is InChI=1S/C23H25FN2O2/c1-27-21-11-18(12-22(13-21)28-2)23-8-5-17(10-20-14-25-15-26(20)23)9-16-3-6-19(24)7-4-16/h3-4,6-7,11-15,17,23H,5,8-10H2,1-2H3/t17-,23+/m0/s1. The van der Waals surface area contributed by atoms with Gasteiger partial charge in [0.2, 0.25) is 0 Å². The van der Waals surface area contributed by atoms with Crippen molar-refractivity contribution >= 4 is 0 Å². The Balaban J connectivity index is 1.61. The molecule has 2 atom stereocenters. The van der Waals surface area contributed by atoms with Crippen molar-refractivity contribution < 1.29 is 13.9 Å². The summed E-state index contributed by atoms with van der Waals surface area (Å²) in [5, 5.41) is 0. The molecule has 1 aliphatic heterocycles. The van der Waals surface area contributed by atoms with Gasteiger partial charge in [0.05, 0.1) is 26.6 Å². The lowest BCUT2D eigenvalue weighted by Crippen LogP contribution is -2.10. The molecule has 146 valence electrons. The maximum Gasteiger partial charge on any atom is 0.123 e. The van der Waals surface area contributed by atoms with Crippen LogP contribution in [-0.4, -0.2) is 23.8 Å². The van der Waals surface area contributed by atoms with E-state index in [4.69, 9.17) is 9.47 Å². The molecule has 0 bridgehead atoms. The van der Waals surface area contributed by atoms with Gasteiger partial charge in [-0.1, -0.05) is 12.1 Å². The Kier molecular flexibility index (Phi) is 5.33. The molecule has 0 amide bonds. The van der Waals surface area contributed by atoms with Crippen molar-refractivity contribution in [2.24, 2.45) is 5.92 Å². The number of ether oxygens (including phenoxy) is 2. The van der Waals surface area contributed by atoms with Crippen LogP contribution >= 0.6 is 0 Å². The van der Waals surface area contributed by atoms with Gasteiger partial charge < -0.3 is 14.0 Å². The molecule has 4 rings (SSSR count). The van der Waals surface area contributed by atoms with Gasteiger partial charge >= 0.3 is 0 Å². The molecule has 0 fully saturated rings.